The molecule has 0 N–H and O–H groups in total. The van der Waals surface area contributed by atoms with Crippen LogP contribution in [-0.2, 0) is 34.9 Å². The first-order chi connectivity index (χ1) is 15.7. The van der Waals surface area contributed by atoms with Crippen LogP contribution in [0.2, 0.25) is 0 Å². The summed E-state index contributed by atoms with van der Waals surface area (Å²) in [7, 11) is 0.793. The van der Waals surface area contributed by atoms with E-state index in [1.54, 1.807) is 23.9 Å². The van der Waals surface area contributed by atoms with Crippen LogP contribution in [0, 0.1) is 0 Å². The predicted octanol–water partition coefficient (Wildman–Crippen LogP) is 5.78. The summed E-state index contributed by atoms with van der Waals surface area (Å²) in [5.74, 6) is 1.05. The lowest BCUT2D eigenvalue weighted by Crippen LogP contribution is -2.47. The fourth-order valence-corrected chi connectivity index (χ4v) is 6.42. The zero-order valence-electron chi connectivity index (χ0n) is 18.7. The van der Waals surface area contributed by atoms with Crippen LogP contribution in [0.5, 0.6) is 0 Å². The van der Waals surface area contributed by atoms with Gasteiger partial charge in [-0.3, -0.25) is 4.21 Å². The monoisotopic (exact) mass is 473 g/mol. The molecular formula is C25H26F3N3OS. The molecule has 3 saturated carbocycles. The van der Waals surface area contributed by atoms with E-state index in [4.69, 9.17) is 0 Å². The van der Waals surface area contributed by atoms with Crippen LogP contribution in [0.25, 0.3) is 11.4 Å². The fourth-order valence-electron chi connectivity index (χ4n) is 5.91. The molecule has 6 rings (SSSR count). The van der Waals surface area contributed by atoms with Crippen molar-refractivity contribution in [1.29, 1.82) is 0 Å². The lowest BCUT2D eigenvalue weighted by Gasteiger charge is -2.53. The van der Waals surface area contributed by atoms with E-state index in [1.165, 1.54) is 17.7 Å². The number of hydrogen-bond donors (Lipinski definition) is 0. The molecule has 2 bridgehead atoms. The van der Waals surface area contributed by atoms with Gasteiger partial charge >= 0.3 is 6.18 Å². The molecule has 1 unspecified atom stereocenters. The highest BCUT2D eigenvalue weighted by molar-refractivity contribution is 7.84. The lowest BCUT2D eigenvalue weighted by atomic mass is 9.51. The van der Waals surface area contributed by atoms with E-state index < -0.39 is 22.5 Å². The Labute approximate surface area is 193 Å². The second-order valence-corrected chi connectivity index (χ2v) is 10.9. The molecule has 2 aromatic carbocycles. The van der Waals surface area contributed by atoms with Gasteiger partial charge in [0, 0.05) is 40.0 Å². The Morgan fingerprint density at radius 2 is 1.45 bits per heavy atom. The first kappa shape index (κ1) is 22.3. The van der Waals surface area contributed by atoms with Gasteiger partial charge in [0.1, 0.15) is 5.82 Å². The third-order valence-corrected chi connectivity index (χ3v) is 8.80. The molecule has 3 aliphatic carbocycles. The first-order valence-corrected chi connectivity index (χ1v) is 12.7. The second-order valence-electron chi connectivity index (χ2n) is 9.49. The standard InChI is InChI=1S/C25H26F3N3OS/c1-31-21(19-5-3-4-6-20(19)25(26,27)28)29-30-22(31)24-14-11-23(12-15-24,13-16-24)17-7-9-18(10-8-17)33(2)32/h3-10H,11-16H2,1-2H3. The number of alkyl halides is 3. The van der Waals surface area contributed by atoms with Gasteiger partial charge in [0.25, 0.3) is 0 Å². The third-order valence-electron chi connectivity index (χ3n) is 7.87. The van der Waals surface area contributed by atoms with Crippen LogP contribution in [0.15, 0.2) is 53.4 Å². The van der Waals surface area contributed by atoms with Gasteiger partial charge in [-0.1, -0.05) is 30.3 Å². The van der Waals surface area contributed by atoms with Gasteiger partial charge in [-0.25, -0.2) is 0 Å². The number of nitrogens with zero attached hydrogens (tertiary/aromatic N) is 3. The van der Waals surface area contributed by atoms with Gasteiger partial charge in [0.2, 0.25) is 0 Å². The van der Waals surface area contributed by atoms with Gasteiger partial charge in [0.05, 0.1) is 5.56 Å². The summed E-state index contributed by atoms with van der Waals surface area (Å²) in [5.41, 5.74) is 0.631. The number of rotatable bonds is 4. The van der Waals surface area contributed by atoms with E-state index >= 15 is 0 Å². The van der Waals surface area contributed by atoms with E-state index in [-0.39, 0.29) is 22.2 Å². The molecular weight excluding hydrogens is 447 g/mol. The molecule has 0 spiro atoms. The van der Waals surface area contributed by atoms with E-state index in [0.29, 0.717) is 0 Å². The highest BCUT2D eigenvalue weighted by Crippen LogP contribution is 2.58. The van der Waals surface area contributed by atoms with Crippen LogP contribution in [0.3, 0.4) is 0 Å². The minimum Gasteiger partial charge on any atom is -0.314 e. The number of halogens is 3. The summed E-state index contributed by atoms with van der Waals surface area (Å²) in [6, 6.07) is 13.7. The van der Waals surface area contributed by atoms with Crippen LogP contribution < -0.4 is 0 Å². The highest BCUT2D eigenvalue weighted by Gasteiger charge is 2.52. The lowest BCUT2D eigenvalue weighted by molar-refractivity contribution is -0.137. The summed E-state index contributed by atoms with van der Waals surface area (Å²) in [6.07, 6.45) is 3.04. The molecule has 33 heavy (non-hydrogen) atoms. The van der Waals surface area contributed by atoms with Gasteiger partial charge < -0.3 is 4.57 Å². The van der Waals surface area contributed by atoms with E-state index in [1.807, 2.05) is 12.1 Å². The van der Waals surface area contributed by atoms with Crippen molar-refractivity contribution in [2.45, 2.75) is 60.4 Å². The maximum absolute atomic E-state index is 13.6. The molecule has 1 heterocycles. The fraction of sp³-hybridized carbons (Fsp3) is 0.440. The molecule has 0 saturated heterocycles. The van der Waals surface area contributed by atoms with Crippen molar-refractivity contribution >= 4 is 10.8 Å². The van der Waals surface area contributed by atoms with Crippen molar-refractivity contribution in [1.82, 2.24) is 14.8 Å². The van der Waals surface area contributed by atoms with Crippen LogP contribution in [0.4, 0.5) is 13.2 Å². The average molecular weight is 474 g/mol. The Balaban J connectivity index is 1.44. The average Bonchev–Trinajstić information content (AvgIpc) is 3.21. The van der Waals surface area contributed by atoms with Crippen molar-refractivity contribution in [3.63, 3.8) is 0 Å². The van der Waals surface area contributed by atoms with Crippen LogP contribution >= 0.6 is 0 Å². The second kappa shape index (κ2) is 7.79. The third kappa shape index (κ3) is 3.63. The quantitative estimate of drug-likeness (QED) is 0.483. The number of aromatic nitrogens is 3. The van der Waals surface area contributed by atoms with E-state index in [0.717, 1.165) is 55.3 Å². The van der Waals surface area contributed by atoms with Crippen LogP contribution in [0.1, 0.15) is 55.5 Å². The summed E-state index contributed by atoms with van der Waals surface area (Å²) in [4.78, 5) is 0.835. The summed E-state index contributed by atoms with van der Waals surface area (Å²) < 4.78 is 54.2. The largest absolute Gasteiger partial charge is 0.417 e. The number of benzene rings is 2. The van der Waals surface area contributed by atoms with Gasteiger partial charge in [-0.15, -0.1) is 10.2 Å². The molecule has 4 nitrogen and oxygen atoms in total. The highest BCUT2D eigenvalue weighted by atomic mass is 32.2. The smallest absolute Gasteiger partial charge is 0.314 e. The normalized spacial score (nSPS) is 25.8. The Kier molecular flexibility index (Phi) is 5.27. The molecule has 0 amide bonds. The van der Waals surface area contributed by atoms with E-state index in [2.05, 4.69) is 22.3 Å². The van der Waals surface area contributed by atoms with Crippen molar-refractivity contribution in [2.24, 2.45) is 7.05 Å². The van der Waals surface area contributed by atoms with Crippen LogP contribution in [-0.4, -0.2) is 25.2 Å². The minimum atomic E-state index is -4.45. The molecule has 8 heteroatoms. The molecule has 3 aliphatic rings. The Bertz CT molecular complexity index is 1190. The first-order valence-electron chi connectivity index (χ1n) is 11.2. The molecule has 3 aromatic rings. The number of fused-ring (bicyclic) bond motifs is 3. The Morgan fingerprint density at radius 1 is 0.879 bits per heavy atom. The van der Waals surface area contributed by atoms with Crippen molar-refractivity contribution in [3.8, 4) is 11.4 Å². The Morgan fingerprint density at radius 3 is 2.03 bits per heavy atom. The summed E-state index contributed by atoms with van der Waals surface area (Å²) in [5, 5.41) is 8.68. The van der Waals surface area contributed by atoms with Crippen molar-refractivity contribution < 1.29 is 17.4 Å². The van der Waals surface area contributed by atoms with E-state index in [9.17, 15) is 17.4 Å². The maximum atomic E-state index is 13.6. The molecule has 1 aromatic heterocycles. The predicted molar refractivity (Wildman–Crippen MR) is 121 cm³/mol. The SMILES string of the molecule is Cn1c(-c2ccccc2C(F)(F)F)nnc1C12CCC(c3ccc(S(C)=O)cc3)(CC1)CC2. The molecule has 1 atom stereocenters. The topological polar surface area (TPSA) is 47.8 Å². The zero-order chi connectivity index (χ0) is 23.4. The molecule has 0 radical (unpaired) electrons. The summed E-state index contributed by atoms with van der Waals surface area (Å²) >= 11 is 0. The van der Waals surface area contributed by atoms with Crippen molar-refractivity contribution in [2.75, 3.05) is 6.26 Å². The molecule has 174 valence electrons. The molecule has 0 aliphatic heterocycles. The molecule has 3 fully saturated rings. The number of hydrogen-bond acceptors (Lipinski definition) is 3. The summed E-state index contributed by atoms with van der Waals surface area (Å²) in [6.45, 7) is 0. The maximum Gasteiger partial charge on any atom is 0.417 e. The minimum absolute atomic E-state index is 0.0667. The van der Waals surface area contributed by atoms with Crippen molar-refractivity contribution in [3.05, 3.63) is 65.5 Å². The Hall–Kier alpha value is -2.48. The zero-order valence-corrected chi connectivity index (χ0v) is 19.5. The van der Waals surface area contributed by atoms with Gasteiger partial charge in [0.15, 0.2) is 5.82 Å². The van der Waals surface area contributed by atoms with Gasteiger partial charge in [-0.05, 0) is 67.7 Å². The van der Waals surface area contributed by atoms with Gasteiger partial charge in [-0.2, -0.15) is 13.2 Å².